The summed E-state index contributed by atoms with van der Waals surface area (Å²) in [6.45, 7) is 0. The molecular formula is C57H35N5O. The standard InChI is InChI=1S/C57H35N5O/c1-5-18-36(19-6-1)44-32-40(62-48-30-16-14-27-42(48)46-34-45-41-26-13-15-29-47(41)61(49(45)35-50(46)62)39-24-11-4-12-25-39)33-52-54(44)53-43(28-17-31-51(53)63-52)57-59-55(37-20-7-2-8-21-37)58-56(60-57)38-22-9-3-10-23-38/h1-35H. The topological polar surface area (TPSA) is 61.7 Å². The fourth-order valence-electron chi connectivity index (χ4n) is 9.59. The summed E-state index contributed by atoms with van der Waals surface area (Å²) in [5.74, 6) is 1.81. The van der Waals surface area contributed by atoms with E-state index in [1.165, 1.54) is 27.1 Å². The maximum atomic E-state index is 6.97. The Morgan fingerprint density at radius 3 is 1.40 bits per heavy atom. The molecule has 0 saturated heterocycles. The quantitative estimate of drug-likeness (QED) is 0.168. The SMILES string of the molecule is c1ccc(-c2nc(-c3ccccc3)nc(-c3cccc4oc5cc(-n6c7ccccc7c7cc8c9ccccc9n(-c9ccccc9)c8cc76)cc(-c6ccccc6)c5c34)n2)cc1. The summed E-state index contributed by atoms with van der Waals surface area (Å²) in [6.07, 6.45) is 0. The molecule has 13 rings (SSSR count). The lowest BCUT2D eigenvalue weighted by molar-refractivity contribution is 0.669. The van der Waals surface area contributed by atoms with Crippen LogP contribution in [0, 0.1) is 0 Å². The molecule has 0 aliphatic heterocycles. The Kier molecular flexibility index (Phi) is 7.80. The average molecular weight is 806 g/mol. The highest BCUT2D eigenvalue weighted by molar-refractivity contribution is 6.21. The molecule has 0 aliphatic carbocycles. The van der Waals surface area contributed by atoms with E-state index in [1.807, 2.05) is 72.8 Å². The van der Waals surface area contributed by atoms with E-state index in [4.69, 9.17) is 19.4 Å². The lowest BCUT2D eigenvalue weighted by Gasteiger charge is -2.13. The van der Waals surface area contributed by atoms with Crippen molar-refractivity contribution in [1.29, 1.82) is 0 Å². The molecule has 13 aromatic rings. The maximum Gasteiger partial charge on any atom is 0.164 e. The molecule has 0 saturated carbocycles. The molecule has 6 heteroatoms. The molecular weight excluding hydrogens is 771 g/mol. The van der Waals surface area contributed by atoms with Gasteiger partial charge in [-0.25, -0.2) is 15.0 Å². The molecule has 4 aromatic heterocycles. The first-order chi connectivity index (χ1) is 31.2. The van der Waals surface area contributed by atoms with Crippen LogP contribution < -0.4 is 0 Å². The molecule has 0 unspecified atom stereocenters. The average Bonchev–Trinajstić information content (AvgIpc) is 4.01. The Labute approximate surface area is 361 Å². The molecule has 0 N–H and O–H groups in total. The third kappa shape index (κ3) is 5.55. The summed E-state index contributed by atoms with van der Waals surface area (Å²) in [4.78, 5) is 15.3. The Morgan fingerprint density at radius 1 is 0.302 bits per heavy atom. The Morgan fingerprint density at radius 2 is 0.794 bits per heavy atom. The van der Waals surface area contributed by atoms with Gasteiger partial charge in [0.25, 0.3) is 0 Å². The van der Waals surface area contributed by atoms with Gasteiger partial charge in [0.15, 0.2) is 17.5 Å². The summed E-state index contributed by atoms with van der Waals surface area (Å²) >= 11 is 0. The molecule has 0 radical (unpaired) electrons. The number of aromatic nitrogens is 5. The Hall–Kier alpha value is -8.61. The summed E-state index contributed by atoms with van der Waals surface area (Å²) in [5, 5.41) is 6.80. The van der Waals surface area contributed by atoms with E-state index in [-0.39, 0.29) is 0 Å². The van der Waals surface area contributed by atoms with E-state index in [0.29, 0.717) is 17.5 Å². The number of hydrogen-bond donors (Lipinski definition) is 0. The van der Waals surface area contributed by atoms with Crippen LogP contribution in [0.15, 0.2) is 217 Å². The van der Waals surface area contributed by atoms with Crippen LogP contribution in [-0.4, -0.2) is 24.1 Å². The first-order valence-electron chi connectivity index (χ1n) is 21.2. The minimum absolute atomic E-state index is 0.583. The van der Waals surface area contributed by atoms with Gasteiger partial charge >= 0.3 is 0 Å². The van der Waals surface area contributed by atoms with Gasteiger partial charge < -0.3 is 13.6 Å². The number of nitrogens with zero attached hydrogens (tertiary/aromatic N) is 5. The van der Waals surface area contributed by atoms with Crippen molar-refractivity contribution in [3.8, 4) is 56.7 Å². The zero-order valence-electron chi connectivity index (χ0n) is 33.9. The molecule has 294 valence electrons. The van der Waals surface area contributed by atoms with Crippen molar-refractivity contribution in [3.63, 3.8) is 0 Å². The van der Waals surface area contributed by atoms with Crippen molar-refractivity contribution in [1.82, 2.24) is 24.1 Å². The van der Waals surface area contributed by atoms with Gasteiger partial charge in [0.2, 0.25) is 0 Å². The van der Waals surface area contributed by atoms with Gasteiger partial charge in [-0.15, -0.1) is 0 Å². The van der Waals surface area contributed by atoms with Gasteiger partial charge in [-0.1, -0.05) is 158 Å². The highest BCUT2D eigenvalue weighted by atomic mass is 16.3. The van der Waals surface area contributed by atoms with Crippen LogP contribution in [0.3, 0.4) is 0 Å². The summed E-state index contributed by atoms with van der Waals surface area (Å²) < 4.78 is 11.8. The second-order valence-corrected chi connectivity index (χ2v) is 16.0. The van der Waals surface area contributed by atoms with E-state index in [1.54, 1.807) is 0 Å². The third-order valence-electron chi connectivity index (χ3n) is 12.3. The second-order valence-electron chi connectivity index (χ2n) is 16.0. The Bertz CT molecular complexity index is 3830. The molecule has 9 aromatic carbocycles. The van der Waals surface area contributed by atoms with Crippen molar-refractivity contribution < 1.29 is 4.42 Å². The summed E-state index contributed by atoms with van der Waals surface area (Å²) in [6, 6.07) is 74.4. The maximum absolute atomic E-state index is 6.97. The van der Waals surface area contributed by atoms with Crippen molar-refractivity contribution >= 4 is 65.6 Å². The van der Waals surface area contributed by atoms with Crippen LogP contribution in [-0.2, 0) is 0 Å². The van der Waals surface area contributed by atoms with Crippen molar-refractivity contribution in [2.75, 3.05) is 0 Å². The predicted molar refractivity (Wildman–Crippen MR) is 258 cm³/mol. The molecule has 0 amide bonds. The normalized spacial score (nSPS) is 11.8. The first-order valence-corrected chi connectivity index (χ1v) is 21.2. The first kappa shape index (κ1) is 35.2. The monoisotopic (exact) mass is 805 g/mol. The zero-order valence-corrected chi connectivity index (χ0v) is 33.9. The van der Waals surface area contributed by atoms with Gasteiger partial charge in [-0.05, 0) is 59.7 Å². The van der Waals surface area contributed by atoms with E-state index in [2.05, 4.69) is 149 Å². The smallest absolute Gasteiger partial charge is 0.164 e. The number of rotatable bonds is 6. The number of para-hydroxylation sites is 3. The largest absolute Gasteiger partial charge is 0.456 e. The van der Waals surface area contributed by atoms with Crippen molar-refractivity contribution in [2.24, 2.45) is 0 Å². The van der Waals surface area contributed by atoms with Crippen LogP contribution >= 0.6 is 0 Å². The van der Waals surface area contributed by atoms with Crippen LogP contribution in [0.1, 0.15) is 0 Å². The van der Waals surface area contributed by atoms with Crippen LogP contribution in [0.2, 0.25) is 0 Å². The highest BCUT2D eigenvalue weighted by Gasteiger charge is 2.24. The lowest BCUT2D eigenvalue weighted by atomic mass is 9.96. The van der Waals surface area contributed by atoms with E-state index in [0.717, 1.165) is 77.7 Å². The molecule has 6 nitrogen and oxygen atoms in total. The number of hydrogen-bond acceptors (Lipinski definition) is 4. The minimum atomic E-state index is 0.583. The second kappa shape index (κ2) is 14.0. The molecule has 0 fully saturated rings. The third-order valence-corrected chi connectivity index (χ3v) is 12.3. The van der Waals surface area contributed by atoms with Crippen LogP contribution in [0.4, 0.5) is 0 Å². The van der Waals surface area contributed by atoms with Gasteiger partial charge in [0.1, 0.15) is 11.2 Å². The number of benzene rings is 9. The lowest BCUT2D eigenvalue weighted by Crippen LogP contribution is -2.00. The van der Waals surface area contributed by atoms with Gasteiger partial charge in [-0.3, -0.25) is 0 Å². The van der Waals surface area contributed by atoms with E-state index < -0.39 is 0 Å². The van der Waals surface area contributed by atoms with Crippen LogP contribution in [0.25, 0.3) is 122 Å². The molecule has 0 atom stereocenters. The van der Waals surface area contributed by atoms with E-state index in [9.17, 15) is 0 Å². The molecule has 4 heterocycles. The molecule has 0 aliphatic rings. The zero-order chi connectivity index (χ0) is 41.4. The summed E-state index contributed by atoms with van der Waals surface area (Å²) in [5.41, 5.74) is 13.1. The fourth-order valence-corrected chi connectivity index (χ4v) is 9.59. The molecule has 0 bridgehead atoms. The fraction of sp³-hybridized carbons (Fsp3) is 0. The van der Waals surface area contributed by atoms with Crippen LogP contribution in [0.5, 0.6) is 0 Å². The highest BCUT2D eigenvalue weighted by Crippen LogP contribution is 2.45. The molecule has 63 heavy (non-hydrogen) atoms. The van der Waals surface area contributed by atoms with E-state index >= 15 is 0 Å². The summed E-state index contributed by atoms with van der Waals surface area (Å²) in [7, 11) is 0. The minimum Gasteiger partial charge on any atom is -0.456 e. The predicted octanol–water partition coefficient (Wildman–Crippen LogP) is 14.6. The van der Waals surface area contributed by atoms with Crippen molar-refractivity contribution in [3.05, 3.63) is 212 Å². The number of fused-ring (bicyclic) bond motifs is 9. The van der Waals surface area contributed by atoms with Gasteiger partial charge in [0, 0.05) is 60.8 Å². The van der Waals surface area contributed by atoms with Crippen molar-refractivity contribution in [2.45, 2.75) is 0 Å². The molecule has 0 spiro atoms. The number of furan rings is 1. The Balaban J connectivity index is 1.10. The van der Waals surface area contributed by atoms with Gasteiger partial charge in [0.05, 0.1) is 27.8 Å². The van der Waals surface area contributed by atoms with Gasteiger partial charge in [-0.2, -0.15) is 0 Å².